The van der Waals surface area contributed by atoms with Crippen LogP contribution < -0.4 is 21.7 Å². The SMILES string of the molecule is C[N+]1(C)C2C=C[C@@H]1CC(OC(=O)C1(O)c3ccccc3Oc3ccccc31)C2.[Br-]. The van der Waals surface area contributed by atoms with Crippen molar-refractivity contribution in [3.63, 3.8) is 0 Å². The van der Waals surface area contributed by atoms with Gasteiger partial charge in [-0.05, 0) is 24.3 Å². The van der Waals surface area contributed by atoms with E-state index in [9.17, 15) is 9.90 Å². The Morgan fingerprint density at radius 3 is 2.00 bits per heavy atom. The fraction of sp³-hybridized carbons (Fsp3) is 0.348. The van der Waals surface area contributed by atoms with Gasteiger partial charge in [-0.25, -0.2) is 4.79 Å². The number of esters is 1. The molecule has 2 aromatic carbocycles. The van der Waals surface area contributed by atoms with Crippen LogP contribution in [0.3, 0.4) is 0 Å². The molecule has 0 saturated carbocycles. The highest BCUT2D eigenvalue weighted by atomic mass is 79.9. The molecule has 6 heteroatoms. The molecule has 1 saturated heterocycles. The molecule has 2 unspecified atom stereocenters. The van der Waals surface area contributed by atoms with E-state index in [1.54, 1.807) is 36.4 Å². The number of benzene rings is 2. The number of carbonyl (C=O) groups is 1. The Bertz CT molecular complexity index is 923. The van der Waals surface area contributed by atoms with E-state index in [1.807, 2.05) is 12.1 Å². The number of quaternary nitrogens is 1. The van der Waals surface area contributed by atoms with Crippen LogP contribution in [0.4, 0.5) is 0 Å². The van der Waals surface area contributed by atoms with Gasteiger partial charge in [0.2, 0.25) is 5.60 Å². The van der Waals surface area contributed by atoms with E-state index in [-0.39, 0.29) is 23.1 Å². The Balaban J connectivity index is 0.00000205. The summed E-state index contributed by atoms with van der Waals surface area (Å²) in [7, 11) is 4.43. The maximum Gasteiger partial charge on any atom is 0.348 e. The van der Waals surface area contributed by atoms with Gasteiger partial charge in [-0.2, -0.15) is 0 Å². The van der Waals surface area contributed by atoms with Gasteiger partial charge in [-0.1, -0.05) is 36.4 Å². The van der Waals surface area contributed by atoms with Crippen molar-refractivity contribution in [1.29, 1.82) is 0 Å². The van der Waals surface area contributed by atoms with Crippen molar-refractivity contribution in [1.82, 2.24) is 0 Å². The first-order valence-electron chi connectivity index (χ1n) is 9.72. The Kier molecular flexibility index (Phi) is 4.84. The van der Waals surface area contributed by atoms with E-state index >= 15 is 0 Å². The van der Waals surface area contributed by atoms with Crippen LogP contribution >= 0.6 is 0 Å². The number of halogens is 1. The number of hydrogen-bond acceptors (Lipinski definition) is 4. The Hall–Kier alpha value is -2.15. The number of carbonyl (C=O) groups excluding carboxylic acids is 1. The zero-order chi connectivity index (χ0) is 19.5. The third-order valence-corrected chi connectivity index (χ3v) is 6.62. The van der Waals surface area contributed by atoms with E-state index in [2.05, 4.69) is 26.2 Å². The topological polar surface area (TPSA) is 55.8 Å². The molecule has 0 aromatic heterocycles. The molecule has 2 aromatic rings. The van der Waals surface area contributed by atoms with Crippen LogP contribution in [0.2, 0.25) is 0 Å². The van der Waals surface area contributed by atoms with Crippen LogP contribution in [-0.2, 0) is 15.1 Å². The smallest absolute Gasteiger partial charge is 0.348 e. The average Bonchev–Trinajstić information content (AvgIpc) is 2.85. The average molecular weight is 458 g/mol. The number of piperidine rings is 1. The zero-order valence-electron chi connectivity index (χ0n) is 16.4. The van der Waals surface area contributed by atoms with Gasteiger partial charge < -0.3 is 36.0 Å². The maximum atomic E-state index is 13.4. The molecule has 0 spiro atoms. The molecule has 2 bridgehead atoms. The Morgan fingerprint density at radius 2 is 1.48 bits per heavy atom. The second-order valence-electron chi connectivity index (χ2n) is 8.45. The van der Waals surface area contributed by atoms with Gasteiger partial charge in [0.05, 0.1) is 14.1 Å². The molecule has 3 heterocycles. The van der Waals surface area contributed by atoms with E-state index in [0.29, 0.717) is 34.7 Å². The monoisotopic (exact) mass is 457 g/mol. The first-order chi connectivity index (χ1) is 13.4. The summed E-state index contributed by atoms with van der Waals surface area (Å²) in [5, 5.41) is 11.7. The summed E-state index contributed by atoms with van der Waals surface area (Å²) in [4.78, 5) is 13.4. The van der Waals surface area contributed by atoms with Crippen LogP contribution in [0.15, 0.2) is 60.7 Å². The molecule has 3 atom stereocenters. The Morgan fingerprint density at radius 1 is 1.00 bits per heavy atom. The van der Waals surface area contributed by atoms with Crippen molar-refractivity contribution < 1.29 is 40.8 Å². The van der Waals surface area contributed by atoms with E-state index in [4.69, 9.17) is 9.47 Å². The van der Waals surface area contributed by atoms with Gasteiger partial charge in [0.15, 0.2) is 0 Å². The first-order valence-corrected chi connectivity index (χ1v) is 9.72. The molecule has 152 valence electrons. The number of para-hydroxylation sites is 2. The number of fused-ring (bicyclic) bond motifs is 4. The lowest BCUT2D eigenvalue weighted by Crippen LogP contribution is -3.00. The second kappa shape index (κ2) is 6.97. The molecular formula is C23H24BrNO4. The zero-order valence-corrected chi connectivity index (χ0v) is 18.0. The predicted octanol–water partition coefficient (Wildman–Crippen LogP) is 0.121. The summed E-state index contributed by atoms with van der Waals surface area (Å²) in [6, 6.07) is 14.9. The molecule has 5 nitrogen and oxygen atoms in total. The van der Waals surface area contributed by atoms with Gasteiger partial charge in [0.25, 0.3) is 0 Å². The number of hydrogen-bond donors (Lipinski definition) is 1. The summed E-state index contributed by atoms with van der Waals surface area (Å²) in [5.74, 6) is 0.319. The van der Waals surface area contributed by atoms with Crippen molar-refractivity contribution in [3.8, 4) is 11.5 Å². The number of aliphatic hydroxyl groups is 1. The predicted molar refractivity (Wildman–Crippen MR) is 104 cm³/mol. The molecule has 1 N–H and O–H groups in total. The van der Waals surface area contributed by atoms with Crippen LogP contribution in [0.1, 0.15) is 24.0 Å². The first kappa shape index (κ1) is 20.1. The number of rotatable bonds is 2. The maximum absolute atomic E-state index is 13.4. The van der Waals surface area contributed by atoms with Gasteiger partial charge in [0.1, 0.15) is 29.7 Å². The molecule has 29 heavy (non-hydrogen) atoms. The highest BCUT2D eigenvalue weighted by Crippen LogP contribution is 2.47. The van der Waals surface area contributed by atoms with Crippen molar-refractivity contribution in [2.24, 2.45) is 0 Å². The third kappa shape index (κ3) is 2.93. The molecule has 0 amide bonds. The van der Waals surface area contributed by atoms with E-state index < -0.39 is 11.6 Å². The highest BCUT2D eigenvalue weighted by molar-refractivity contribution is 5.88. The summed E-state index contributed by atoms with van der Waals surface area (Å²) in [6.45, 7) is 0. The minimum Gasteiger partial charge on any atom is -1.00 e. The van der Waals surface area contributed by atoms with E-state index in [0.717, 1.165) is 17.3 Å². The van der Waals surface area contributed by atoms with Gasteiger partial charge in [-0.15, -0.1) is 0 Å². The van der Waals surface area contributed by atoms with Gasteiger partial charge in [0, 0.05) is 24.0 Å². The molecule has 1 fully saturated rings. The van der Waals surface area contributed by atoms with Crippen molar-refractivity contribution in [3.05, 3.63) is 71.8 Å². The fourth-order valence-electron chi connectivity index (χ4n) is 4.81. The minimum absolute atomic E-state index is 0. The summed E-state index contributed by atoms with van der Waals surface area (Å²) >= 11 is 0. The molecule has 5 rings (SSSR count). The standard InChI is InChI=1S/C23H24NO4.BrH/c1-24(2)15-11-12-16(24)14-17(13-15)27-22(25)23(26)18-7-3-5-9-20(18)28-21-10-6-4-8-19(21)23;/h3-12,15-17,26H,13-14H2,1-2H3;1H/q+1;/p-1/t15-,16?,17?;/m1./s1. The lowest BCUT2D eigenvalue weighted by molar-refractivity contribution is -0.926. The largest absolute Gasteiger partial charge is 1.00 e. The lowest BCUT2D eigenvalue weighted by atomic mass is 9.83. The van der Waals surface area contributed by atoms with Crippen LogP contribution in [0.25, 0.3) is 0 Å². The number of likely N-dealkylation sites (N-methyl/N-ethyl adjacent to an activating group) is 1. The molecular weight excluding hydrogens is 434 g/mol. The summed E-state index contributed by atoms with van der Waals surface area (Å²) in [6.07, 6.45) is 5.77. The number of ether oxygens (including phenoxy) is 2. The van der Waals surface area contributed by atoms with Crippen molar-refractivity contribution in [2.75, 3.05) is 14.1 Å². The summed E-state index contributed by atoms with van der Waals surface area (Å²) in [5.41, 5.74) is -1.03. The van der Waals surface area contributed by atoms with Crippen LogP contribution in [-0.4, -0.2) is 47.8 Å². The number of nitrogens with zero attached hydrogens (tertiary/aromatic N) is 1. The third-order valence-electron chi connectivity index (χ3n) is 6.62. The summed E-state index contributed by atoms with van der Waals surface area (Å²) < 4.78 is 12.7. The molecule has 0 radical (unpaired) electrons. The van der Waals surface area contributed by atoms with Crippen LogP contribution in [0.5, 0.6) is 11.5 Å². The highest BCUT2D eigenvalue weighted by Gasteiger charge is 2.51. The molecule has 3 aliphatic heterocycles. The normalized spacial score (nSPS) is 27.1. The fourth-order valence-corrected chi connectivity index (χ4v) is 4.81. The van der Waals surface area contributed by atoms with Gasteiger partial charge in [-0.3, -0.25) is 0 Å². The lowest BCUT2D eigenvalue weighted by Gasteiger charge is -2.44. The van der Waals surface area contributed by atoms with Crippen molar-refractivity contribution in [2.45, 2.75) is 36.6 Å². The second-order valence-corrected chi connectivity index (χ2v) is 8.45. The van der Waals surface area contributed by atoms with Crippen LogP contribution in [0, 0.1) is 0 Å². The molecule has 0 aliphatic carbocycles. The van der Waals surface area contributed by atoms with Gasteiger partial charge >= 0.3 is 5.97 Å². The molecule has 3 aliphatic rings. The minimum atomic E-state index is -1.88. The van der Waals surface area contributed by atoms with E-state index in [1.165, 1.54) is 0 Å². The Labute approximate surface area is 180 Å². The van der Waals surface area contributed by atoms with Crippen molar-refractivity contribution >= 4 is 5.97 Å². The quantitative estimate of drug-likeness (QED) is 0.395.